The highest BCUT2D eigenvalue weighted by Gasteiger charge is 2.26. The van der Waals surface area contributed by atoms with Gasteiger partial charge in [-0.3, -0.25) is 0 Å². The second kappa shape index (κ2) is 5.61. The molecule has 2 nitrogen and oxygen atoms in total. The molecule has 0 spiro atoms. The summed E-state index contributed by atoms with van der Waals surface area (Å²) in [7, 11) is 4.16. The van der Waals surface area contributed by atoms with Gasteiger partial charge in [0.25, 0.3) is 0 Å². The fraction of sp³-hybridized carbons (Fsp3) is 1.00. The Hall–Kier alpha value is -0.0800. The van der Waals surface area contributed by atoms with Crippen molar-refractivity contribution in [2.75, 3.05) is 20.6 Å². The van der Waals surface area contributed by atoms with Crippen molar-refractivity contribution < 1.29 is 0 Å². The molecule has 78 valence electrons. The lowest BCUT2D eigenvalue weighted by atomic mass is 9.84. The van der Waals surface area contributed by atoms with Crippen LogP contribution in [0.25, 0.3) is 0 Å². The first kappa shape index (κ1) is 11.0. The average molecular weight is 184 g/mol. The third kappa shape index (κ3) is 3.28. The zero-order chi connectivity index (χ0) is 9.57. The van der Waals surface area contributed by atoms with E-state index in [1.807, 2.05) is 0 Å². The summed E-state index contributed by atoms with van der Waals surface area (Å²) >= 11 is 0. The van der Waals surface area contributed by atoms with E-state index in [1.54, 1.807) is 0 Å². The minimum Gasteiger partial charge on any atom is -0.318 e. The van der Waals surface area contributed by atoms with Gasteiger partial charge in [0.05, 0.1) is 0 Å². The number of likely N-dealkylation sites (N-methyl/N-ethyl adjacent to an activating group) is 2. The van der Waals surface area contributed by atoms with Crippen LogP contribution >= 0.6 is 0 Å². The molecular formula is C11H24N2. The molecule has 0 aromatic carbocycles. The van der Waals surface area contributed by atoms with Crippen LogP contribution in [0.1, 0.15) is 44.9 Å². The molecule has 0 aliphatic heterocycles. The topological polar surface area (TPSA) is 24.1 Å². The molecule has 0 amide bonds. The monoisotopic (exact) mass is 184 g/mol. The molecule has 1 fully saturated rings. The molecule has 2 heteroatoms. The van der Waals surface area contributed by atoms with E-state index in [1.165, 1.54) is 44.9 Å². The van der Waals surface area contributed by atoms with Crippen molar-refractivity contribution in [2.45, 2.75) is 50.5 Å². The Balaban J connectivity index is 2.47. The maximum absolute atomic E-state index is 3.52. The van der Waals surface area contributed by atoms with E-state index in [4.69, 9.17) is 0 Å². The lowest BCUT2D eigenvalue weighted by Crippen LogP contribution is -2.50. The molecular weight excluding hydrogens is 160 g/mol. The Morgan fingerprint density at radius 1 is 0.923 bits per heavy atom. The zero-order valence-electron chi connectivity index (χ0n) is 9.16. The first-order valence-electron chi connectivity index (χ1n) is 5.66. The molecule has 1 rings (SSSR count). The van der Waals surface area contributed by atoms with E-state index in [-0.39, 0.29) is 0 Å². The summed E-state index contributed by atoms with van der Waals surface area (Å²) in [6.45, 7) is 1.11. The van der Waals surface area contributed by atoms with Gasteiger partial charge in [0.15, 0.2) is 0 Å². The average Bonchev–Trinajstić information content (AvgIpc) is 2.10. The summed E-state index contributed by atoms with van der Waals surface area (Å²) in [5, 5.41) is 6.84. The minimum absolute atomic E-state index is 0.384. The number of rotatable bonds is 3. The second-order valence-electron chi connectivity index (χ2n) is 4.33. The molecule has 13 heavy (non-hydrogen) atoms. The Bertz CT molecular complexity index is 126. The summed E-state index contributed by atoms with van der Waals surface area (Å²) in [6.07, 6.45) is 9.75. The summed E-state index contributed by atoms with van der Waals surface area (Å²) < 4.78 is 0. The van der Waals surface area contributed by atoms with Gasteiger partial charge in [-0.1, -0.05) is 32.1 Å². The first-order chi connectivity index (χ1) is 6.33. The van der Waals surface area contributed by atoms with Crippen LogP contribution in [-0.2, 0) is 0 Å². The van der Waals surface area contributed by atoms with Crippen LogP contribution in [0.15, 0.2) is 0 Å². The number of hydrogen-bond acceptors (Lipinski definition) is 2. The molecule has 0 aromatic heterocycles. The SMILES string of the molecule is CNCC1(NC)CCCCCCC1. The van der Waals surface area contributed by atoms with Crippen molar-refractivity contribution in [3.05, 3.63) is 0 Å². The van der Waals surface area contributed by atoms with Crippen molar-refractivity contribution in [2.24, 2.45) is 0 Å². The lowest BCUT2D eigenvalue weighted by molar-refractivity contribution is 0.260. The molecule has 2 N–H and O–H groups in total. The van der Waals surface area contributed by atoms with Crippen LogP contribution in [-0.4, -0.2) is 26.2 Å². The highest BCUT2D eigenvalue weighted by atomic mass is 15.0. The van der Waals surface area contributed by atoms with Gasteiger partial charge < -0.3 is 10.6 Å². The lowest BCUT2D eigenvalue weighted by Gasteiger charge is -2.35. The summed E-state index contributed by atoms with van der Waals surface area (Å²) in [5.41, 5.74) is 0.384. The molecule has 0 saturated heterocycles. The normalized spacial score (nSPS) is 23.5. The van der Waals surface area contributed by atoms with Crippen LogP contribution in [0, 0.1) is 0 Å². The molecule has 0 unspecified atom stereocenters. The molecule has 0 aromatic rings. The maximum Gasteiger partial charge on any atom is 0.0303 e. The van der Waals surface area contributed by atoms with E-state index in [0.717, 1.165) is 6.54 Å². The van der Waals surface area contributed by atoms with Gasteiger partial charge >= 0.3 is 0 Å². The Kier molecular flexibility index (Phi) is 4.74. The van der Waals surface area contributed by atoms with E-state index >= 15 is 0 Å². The molecule has 1 aliphatic carbocycles. The van der Waals surface area contributed by atoms with Gasteiger partial charge in [-0.2, -0.15) is 0 Å². The van der Waals surface area contributed by atoms with Gasteiger partial charge in [-0.25, -0.2) is 0 Å². The summed E-state index contributed by atoms with van der Waals surface area (Å²) in [5.74, 6) is 0. The van der Waals surface area contributed by atoms with Crippen molar-refractivity contribution in [1.29, 1.82) is 0 Å². The van der Waals surface area contributed by atoms with E-state index in [9.17, 15) is 0 Å². The zero-order valence-corrected chi connectivity index (χ0v) is 9.16. The Labute approximate surface area is 82.5 Å². The van der Waals surface area contributed by atoms with Crippen LogP contribution in [0.5, 0.6) is 0 Å². The molecule has 0 atom stereocenters. The summed E-state index contributed by atoms with van der Waals surface area (Å²) in [4.78, 5) is 0. The second-order valence-corrected chi connectivity index (χ2v) is 4.33. The van der Waals surface area contributed by atoms with Crippen molar-refractivity contribution >= 4 is 0 Å². The molecule has 0 heterocycles. The fourth-order valence-corrected chi connectivity index (χ4v) is 2.44. The van der Waals surface area contributed by atoms with Gasteiger partial charge in [0.1, 0.15) is 0 Å². The predicted molar refractivity (Wildman–Crippen MR) is 58.0 cm³/mol. The van der Waals surface area contributed by atoms with Crippen molar-refractivity contribution in [3.8, 4) is 0 Å². The van der Waals surface area contributed by atoms with E-state index in [2.05, 4.69) is 24.7 Å². The molecule has 1 saturated carbocycles. The van der Waals surface area contributed by atoms with E-state index in [0.29, 0.717) is 5.54 Å². The third-order valence-corrected chi connectivity index (χ3v) is 3.36. The fourth-order valence-electron chi connectivity index (χ4n) is 2.44. The van der Waals surface area contributed by atoms with Crippen LogP contribution in [0.2, 0.25) is 0 Å². The van der Waals surface area contributed by atoms with Gasteiger partial charge in [-0.05, 0) is 26.9 Å². The smallest absolute Gasteiger partial charge is 0.0303 e. The van der Waals surface area contributed by atoms with Crippen LogP contribution in [0.4, 0.5) is 0 Å². The standard InChI is InChI=1S/C11H24N2/c1-12-10-11(13-2)8-6-4-3-5-7-9-11/h12-13H,3-10H2,1-2H3. The van der Waals surface area contributed by atoms with E-state index < -0.39 is 0 Å². The van der Waals surface area contributed by atoms with Crippen molar-refractivity contribution in [3.63, 3.8) is 0 Å². The number of hydrogen-bond donors (Lipinski definition) is 2. The van der Waals surface area contributed by atoms with Gasteiger partial charge in [0, 0.05) is 12.1 Å². The summed E-state index contributed by atoms with van der Waals surface area (Å²) in [6, 6.07) is 0. The largest absolute Gasteiger partial charge is 0.318 e. The minimum atomic E-state index is 0.384. The van der Waals surface area contributed by atoms with Crippen LogP contribution in [0.3, 0.4) is 0 Å². The third-order valence-electron chi connectivity index (χ3n) is 3.36. The maximum atomic E-state index is 3.52. The molecule has 1 aliphatic rings. The van der Waals surface area contributed by atoms with Gasteiger partial charge in [-0.15, -0.1) is 0 Å². The molecule has 0 radical (unpaired) electrons. The highest BCUT2D eigenvalue weighted by molar-refractivity contribution is 4.89. The Morgan fingerprint density at radius 3 is 1.92 bits per heavy atom. The van der Waals surface area contributed by atoms with Gasteiger partial charge in [0.2, 0.25) is 0 Å². The quantitative estimate of drug-likeness (QED) is 0.700. The first-order valence-corrected chi connectivity index (χ1v) is 5.66. The van der Waals surface area contributed by atoms with Crippen molar-refractivity contribution in [1.82, 2.24) is 10.6 Å². The predicted octanol–water partition coefficient (Wildman–Crippen LogP) is 1.91. The molecule has 0 bridgehead atoms. The Morgan fingerprint density at radius 2 is 1.46 bits per heavy atom. The number of nitrogens with one attached hydrogen (secondary N) is 2. The van der Waals surface area contributed by atoms with Crippen LogP contribution < -0.4 is 10.6 Å². The highest BCUT2D eigenvalue weighted by Crippen LogP contribution is 2.25.